The molecule has 0 aromatic carbocycles. The van der Waals surface area contributed by atoms with Crippen molar-refractivity contribution in [2.45, 2.75) is 50.6 Å². The molecule has 3 heteroatoms. The fraction of sp³-hybridized carbons (Fsp3) is 1.00. The molecule has 0 saturated heterocycles. The standard InChI is InChI=1S/C11H24N2O/c1-14-8-3-2-7-13-11-6-4-5-10(12)9-11/h10-11,13H,2-9,12H2,1H3. The zero-order valence-electron chi connectivity index (χ0n) is 9.30. The van der Waals surface area contributed by atoms with Gasteiger partial charge in [-0.2, -0.15) is 0 Å². The van der Waals surface area contributed by atoms with Gasteiger partial charge in [-0.25, -0.2) is 0 Å². The van der Waals surface area contributed by atoms with Crippen LogP contribution in [0.25, 0.3) is 0 Å². The van der Waals surface area contributed by atoms with Crippen LogP contribution in [0, 0.1) is 0 Å². The molecule has 1 saturated carbocycles. The number of nitrogens with two attached hydrogens (primary N) is 1. The molecule has 1 aliphatic carbocycles. The predicted molar refractivity (Wildman–Crippen MR) is 59.3 cm³/mol. The second-order valence-electron chi connectivity index (χ2n) is 4.28. The Labute approximate surface area is 87.4 Å². The fourth-order valence-corrected chi connectivity index (χ4v) is 2.09. The second-order valence-corrected chi connectivity index (χ2v) is 4.28. The highest BCUT2D eigenvalue weighted by Gasteiger charge is 2.17. The molecule has 84 valence electrons. The van der Waals surface area contributed by atoms with E-state index in [1.807, 2.05) is 0 Å². The molecule has 3 nitrogen and oxygen atoms in total. The molecule has 0 aliphatic heterocycles. The van der Waals surface area contributed by atoms with Crippen molar-refractivity contribution < 1.29 is 4.74 Å². The Morgan fingerprint density at radius 2 is 2.21 bits per heavy atom. The van der Waals surface area contributed by atoms with Gasteiger partial charge in [0.1, 0.15) is 0 Å². The third-order valence-electron chi connectivity index (χ3n) is 2.92. The van der Waals surface area contributed by atoms with Crippen molar-refractivity contribution in [1.29, 1.82) is 0 Å². The van der Waals surface area contributed by atoms with E-state index < -0.39 is 0 Å². The minimum atomic E-state index is 0.431. The van der Waals surface area contributed by atoms with Gasteiger partial charge in [0.25, 0.3) is 0 Å². The average Bonchev–Trinajstić information content (AvgIpc) is 2.18. The monoisotopic (exact) mass is 200 g/mol. The fourth-order valence-electron chi connectivity index (χ4n) is 2.09. The molecular formula is C11H24N2O. The molecule has 0 radical (unpaired) electrons. The molecule has 0 heterocycles. The molecule has 0 aromatic heterocycles. The van der Waals surface area contributed by atoms with Gasteiger partial charge in [0, 0.05) is 25.8 Å². The summed E-state index contributed by atoms with van der Waals surface area (Å²) in [5, 5.41) is 3.58. The van der Waals surface area contributed by atoms with Crippen LogP contribution in [0.2, 0.25) is 0 Å². The number of unbranched alkanes of at least 4 members (excludes halogenated alkanes) is 1. The number of methoxy groups -OCH3 is 1. The maximum atomic E-state index is 5.92. The van der Waals surface area contributed by atoms with Crippen molar-refractivity contribution in [3.8, 4) is 0 Å². The molecule has 0 amide bonds. The van der Waals surface area contributed by atoms with Gasteiger partial charge in [-0.05, 0) is 38.6 Å². The zero-order valence-corrected chi connectivity index (χ0v) is 9.30. The third-order valence-corrected chi connectivity index (χ3v) is 2.92. The molecule has 0 bridgehead atoms. The lowest BCUT2D eigenvalue weighted by Gasteiger charge is -2.27. The van der Waals surface area contributed by atoms with Gasteiger partial charge in [0.15, 0.2) is 0 Å². The maximum Gasteiger partial charge on any atom is 0.0462 e. The highest BCUT2D eigenvalue weighted by Crippen LogP contribution is 2.16. The van der Waals surface area contributed by atoms with E-state index in [9.17, 15) is 0 Å². The molecule has 14 heavy (non-hydrogen) atoms. The highest BCUT2D eigenvalue weighted by atomic mass is 16.5. The number of hydrogen-bond acceptors (Lipinski definition) is 3. The first-order valence-electron chi connectivity index (χ1n) is 5.81. The van der Waals surface area contributed by atoms with Crippen molar-refractivity contribution in [2.24, 2.45) is 5.73 Å². The second kappa shape index (κ2) is 7.21. The molecule has 1 fully saturated rings. The first-order valence-corrected chi connectivity index (χ1v) is 5.81. The molecule has 2 atom stereocenters. The van der Waals surface area contributed by atoms with Crippen molar-refractivity contribution in [1.82, 2.24) is 5.32 Å². The Morgan fingerprint density at radius 3 is 2.93 bits per heavy atom. The number of ether oxygens (including phenoxy) is 1. The van der Waals surface area contributed by atoms with Gasteiger partial charge in [-0.15, -0.1) is 0 Å². The molecule has 0 aromatic rings. The molecule has 0 spiro atoms. The minimum Gasteiger partial charge on any atom is -0.385 e. The summed E-state index contributed by atoms with van der Waals surface area (Å²) in [6.07, 6.45) is 7.32. The highest BCUT2D eigenvalue weighted by molar-refractivity contribution is 4.79. The molecule has 3 N–H and O–H groups in total. The summed E-state index contributed by atoms with van der Waals surface area (Å²) >= 11 is 0. The predicted octanol–water partition coefficient (Wildman–Crippen LogP) is 1.27. The zero-order chi connectivity index (χ0) is 10.2. The van der Waals surface area contributed by atoms with Crippen LogP contribution < -0.4 is 11.1 Å². The molecule has 1 aliphatic rings. The first-order chi connectivity index (χ1) is 6.83. The quantitative estimate of drug-likeness (QED) is 0.635. The van der Waals surface area contributed by atoms with Gasteiger partial charge in [0.05, 0.1) is 0 Å². The summed E-state index contributed by atoms with van der Waals surface area (Å²) < 4.78 is 5.00. The minimum absolute atomic E-state index is 0.431. The number of rotatable bonds is 6. The Hall–Kier alpha value is -0.120. The van der Waals surface area contributed by atoms with Crippen LogP contribution in [0.3, 0.4) is 0 Å². The van der Waals surface area contributed by atoms with Crippen molar-refractivity contribution in [2.75, 3.05) is 20.3 Å². The van der Waals surface area contributed by atoms with E-state index in [2.05, 4.69) is 5.32 Å². The largest absolute Gasteiger partial charge is 0.385 e. The van der Waals surface area contributed by atoms with E-state index in [0.29, 0.717) is 12.1 Å². The van der Waals surface area contributed by atoms with Crippen LogP contribution in [-0.4, -0.2) is 32.3 Å². The summed E-state index contributed by atoms with van der Waals surface area (Å²) in [7, 11) is 1.76. The van der Waals surface area contributed by atoms with Gasteiger partial charge < -0.3 is 15.8 Å². The Morgan fingerprint density at radius 1 is 1.36 bits per heavy atom. The van der Waals surface area contributed by atoms with Gasteiger partial charge in [0.2, 0.25) is 0 Å². The van der Waals surface area contributed by atoms with Crippen LogP contribution in [0.5, 0.6) is 0 Å². The Balaban J connectivity index is 1.95. The topological polar surface area (TPSA) is 47.3 Å². The lowest BCUT2D eigenvalue weighted by atomic mass is 9.91. The van der Waals surface area contributed by atoms with E-state index in [1.54, 1.807) is 7.11 Å². The van der Waals surface area contributed by atoms with E-state index in [4.69, 9.17) is 10.5 Å². The lowest BCUT2D eigenvalue weighted by molar-refractivity contribution is 0.191. The summed E-state index contributed by atoms with van der Waals surface area (Å²) in [5.74, 6) is 0. The summed E-state index contributed by atoms with van der Waals surface area (Å²) in [6.45, 7) is 1.99. The van der Waals surface area contributed by atoms with E-state index in [1.165, 1.54) is 25.7 Å². The Bertz CT molecular complexity index is 141. The summed E-state index contributed by atoms with van der Waals surface area (Å²) in [6, 6.07) is 1.10. The van der Waals surface area contributed by atoms with Crippen molar-refractivity contribution in [3.63, 3.8) is 0 Å². The van der Waals surface area contributed by atoms with Crippen LogP contribution in [0.1, 0.15) is 38.5 Å². The molecule has 2 unspecified atom stereocenters. The van der Waals surface area contributed by atoms with E-state index >= 15 is 0 Å². The van der Waals surface area contributed by atoms with Gasteiger partial charge in [-0.3, -0.25) is 0 Å². The van der Waals surface area contributed by atoms with Crippen molar-refractivity contribution >= 4 is 0 Å². The van der Waals surface area contributed by atoms with Gasteiger partial charge >= 0.3 is 0 Å². The average molecular weight is 200 g/mol. The van der Waals surface area contributed by atoms with Gasteiger partial charge in [-0.1, -0.05) is 6.42 Å². The Kier molecular flexibility index (Phi) is 6.15. The summed E-state index contributed by atoms with van der Waals surface area (Å²) in [5.41, 5.74) is 5.92. The van der Waals surface area contributed by atoms with E-state index in [0.717, 1.165) is 26.0 Å². The van der Waals surface area contributed by atoms with Crippen molar-refractivity contribution in [3.05, 3.63) is 0 Å². The lowest BCUT2D eigenvalue weighted by Crippen LogP contribution is -2.39. The summed E-state index contributed by atoms with van der Waals surface area (Å²) in [4.78, 5) is 0. The van der Waals surface area contributed by atoms with Crippen LogP contribution in [0.15, 0.2) is 0 Å². The van der Waals surface area contributed by atoms with Crippen LogP contribution in [-0.2, 0) is 4.74 Å². The number of nitrogens with one attached hydrogen (secondary N) is 1. The first kappa shape index (κ1) is 12.0. The molecular weight excluding hydrogens is 176 g/mol. The SMILES string of the molecule is COCCCCNC1CCCC(N)C1. The molecule has 1 rings (SSSR count). The third kappa shape index (κ3) is 4.94. The van der Waals surface area contributed by atoms with Crippen LogP contribution >= 0.6 is 0 Å². The smallest absolute Gasteiger partial charge is 0.0462 e. The van der Waals surface area contributed by atoms with E-state index in [-0.39, 0.29) is 0 Å². The van der Waals surface area contributed by atoms with Crippen LogP contribution in [0.4, 0.5) is 0 Å². The maximum absolute atomic E-state index is 5.92. The normalized spacial score (nSPS) is 27.9. The number of hydrogen-bond donors (Lipinski definition) is 2.